The van der Waals surface area contributed by atoms with Crippen molar-refractivity contribution in [2.75, 3.05) is 0 Å². The Kier molecular flexibility index (Phi) is 6.22. The van der Waals surface area contributed by atoms with Crippen LogP contribution in [0.1, 0.15) is 28.8 Å². The highest BCUT2D eigenvalue weighted by Gasteiger charge is 2.16. The summed E-state index contributed by atoms with van der Waals surface area (Å²) >= 11 is 0. The van der Waals surface area contributed by atoms with Crippen molar-refractivity contribution in [1.29, 1.82) is 0 Å². The number of aryl methyl sites for hydroxylation is 1. The Hall–Kier alpha value is -4.52. The summed E-state index contributed by atoms with van der Waals surface area (Å²) in [6, 6.07) is 25.7. The van der Waals surface area contributed by atoms with Crippen LogP contribution in [0.2, 0.25) is 0 Å². The lowest BCUT2D eigenvalue weighted by Gasteiger charge is -2.09. The fraction of sp³-hybridized carbons (Fsp3) is 0.107. The van der Waals surface area contributed by atoms with Crippen LogP contribution in [-0.2, 0) is 11.2 Å². The van der Waals surface area contributed by atoms with Crippen LogP contribution < -0.4 is 10.9 Å². The van der Waals surface area contributed by atoms with E-state index >= 15 is 0 Å². The van der Waals surface area contributed by atoms with Gasteiger partial charge in [0.1, 0.15) is 5.82 Å². The molecule has 0 saturated heterocycles. The number of rotatable bonds is 6. The minimum absolute atomic E-state index is 0.126. The van der Waals surface area contributed by atoms with Gasteiger partial charge in [0, 0.05) is 22.7 Å². The first-order valence-electron chi connectivity index (χ1n) is 11.4. The summed E-state index contributed by atoms with van der Waals surface area (Å²) in [7, 11) is 0. The van der Waals surface area contributed by atoms with E-state index in [-0.39, 0.29) is 17.9 Å². The average molecular weight is 467 g/mol. The molecule has 0 unspecified atom stereocenters. The molecule has 35 heavy (non-hydrogen) atoms. The van der Waals surface area contributed by atoms with Crippen LogP contribution in [0.5, 0.6) is 0 Å². The van der Waals surface area contributed by atoms with Crippen LogP contribution in [-0.4, -0.2) is 21.8 Å². The van der Waals surface area contributed by atoms with Gasteiger partial charge in [-0.25, -0.2) is 9.37 Å². The molecular weight excluding hydrogens is 443 g/mol. The number of hydrogen-bond acceptors (Lipinski definition) is 3. The van der Waals surface area contributed by atoms with E-state index in [1.165, 1.54) is 18.2 Å². The number of amides is 2. The van der Waals surface area contributed by atoms with Crippen LogP contribution in [0.4, 0.5) is 4.39 Å². The van der Waals surface area contributed by atoms with Crippen LogP contribution in [0, 0.1) is 5.82 Å². The predicted octanol–water partition coefficient (Wildman–Crippen LogP) is 5.31. The number of hydrazine groups is 1. The summed E-state index contributed by atoms with van der Waals surface area (Å²) in [4.78, 5) is 32.7. The van der Waals surface area contributed by atoms with Crippen molar-refractivity contribution >= 4 is 33.6 Å². The molecule has 7 heteroatoms. The number of H-pyrrole nitrogens is 1. The number of hydrogen-bond donors (Lipinski definition) is 3. The summed E-state index contributed by atoms with van der Waals surface area (Å²) in [6.45, 7) is 0. The number of fused-ring (bicyclic) bond motifs is 2. The Morgan fingerprint density at radius 1 is 0.857 bits per heavy atom. The Morgan fingerprint density at radius 3 is 2.51 bits per heavy atom. The summed E-state index contributed by atoms with van der Waals surface area (Å²) < 4.78 is 13.7. The van der Waals surface area contributed by atoms with E-state index in [1.807, 2.05) is 48.5 Å². The monoisotopic (exact) mass is 466 g/mol. The number of para-hydroxylation sites is 2. The van der Waals surface area contributed by atoms with Crippen molar-refractivity contribution in [3.63, 3.8) is 0 Å². The van der Waals surface area contributed by atoms with E-state index in [9.17, 15) is 14.0 Å². The zero-order valence-corrected chi connectivity index (χ0v) is 18.8. The van der Waals surface area contributed by atoms with E-state index in [0.29, 0.717) is 12.8 Å². The van der Waals surface area contributed by atoms with Gasteiger partial charge >= 0.3 is 0 Å². The maximum atomic E-state index is 13.7. The van der Waals surface area contributed by atoms with Gasteiger partial charge in [-0.15, -0.1) is 0 Å². The molecule has 0 aliphatic carbocycles. The van der Waals surface area contributed by atoms with E-state index in [2.05, 4.69) is 28.0 Å². The topological polar surface area (TPSA) is 86.9 Å². The first-order valence-corrected chi connectivity index (χ1v) is 11.4. The zero-order chi connectivity index (χ0) is 24.2. The second kappa shape index (κ2) is 9.77. The van der Waals surface area contributed by atoms with Gasteiger partial charge in [-0.1, -0.05) is 54.6 Å². The number of pyridine rings is 1. The van der Waals surface area contributed by atoms with Gasteiger partial charge in [0.05, 0.1) is 22.5 Å². The molecule has 0 spiro atoms. The number of aromatic amines is 1. The third kappa shape index (κ3) is 4.75. The summed E-state index contributed by atoms with van der Waals surface area (Å²) in [6.07, 6.45) is 1.40. The van der Waals surface area contributed by atoms with E-state index in [0.717, 1.165) is 38.8 Å². The third-order valence-corrected chi connectivity index (χ3v) is 5.93. The molecule has 2 heterocycles. The predicted molar refractivity (Wildman–Crippen MR) is 134 cm³/mol. The van der Waals surface area contributed by atoms with Crippen molar-refractivity contribution in [2.24, 2.45) is 0 Å². The smallest absolute Gasteiger partial charge is 0.272 e. The fourth-order valence-corrected chi connectivity index (χ4v) is 4.21. The molecule has 2 amide bonds. The highest BCUT2D eigenvalue weighted by molar-refractivity contribution is 5.95. The fourth-order valence-electron chi connectivity index (χ4n) is 4.21. The van der Waals surface area contributed by atoms with Gasteiger partial charge in [-0.05, 0) is 48.7 Å². The molecule has 0 radical (unpaired) electrons. The van der Waals surface area contributed by atoms with Gasteiger partial charge in [0.25, 0.3) is 5.91 Å². The van der Waals surface area contributed by atoms with Gasteiger partial charge in [0.2, 0.25) is 5.91 Å². The quantitative estimate of drug-likeness (QED) is 0.297. The summed E-state index contributed by atoms with van der Waals surface area (Å²) in [5, 5.41) is 2.16. The van der Waals surface area contributed by atoms with E-state index < -0.39 is 11.7 Å². The molecule has 3 N–H and O–H groups in total. The molecule has 5 aromatic rings. The first-order chi connectivity index (χ1) is 17.1. The lowest BCUT2D eigenvalue weighted by Crippen LogP contribution is -2.41. The molecule has 5 rings (SSSR count). The lowest BCUT2D eigenvalue weighted by molar-refractivity contribution is -0.121. The number of benzene rings is 3. The molecular formula is C28H23FN4O2. The number of carbonyl (C=O) groups is 2. The third-order valence-electron chi connectivity index (χ3n) is 5.93. The van der Waals surface area contributed by atoms with Gasteiger partial charge in [0.15, 0.2) is 0 Å². The largest absolute Gasteiger partial charge is 0.353 e. The lowest BCUT2D eigenvalue weighted by atomic mass is 10.0. The van der Waals surface area contributed by atoms with Crippen molar-refractivity contribution in [2.45, 2.75) is 19.3 Å². The first kappa shape index (κ1) is 22.3. The minimum atomic E-state index is -0.697. The maximum Gasteiger partial charge on any atom is 0.272 e. The number of aromatic nitrogens is 2. The standard InChI is InChI=1S/C28H23FN4O2/c29-22-12-4-2-10-21(22)28(35)33-32-26(34)15-7-11-20-19-9-3-6-14-24(19)31-27(20)25-17-16-18-8-1-5-13-23(18)30-25/h1-6,8-10,12-14,16-17,31H,7,11,15H2,(H,32,34)(H,33,35). The zero-order valence-electron chi connectivity index (χ0n) is 18.8. The Balaban J connectivity index is 1.29. The number of nitrogens with zero attached hydrogens (tertiary/aromatic N) is 1. The summed E-state index contributed by atoms with van der Waals surface area (Å²) in [5.74, 6) is -1.69. The van der Waals surface area contributed by atoms with Gasteiger partial charge in [-0.2, -0.15) is 0 Å². The Bertz CT molecular complexity index is 1540. The van der Waals surface area contributed by atoms with E-state index in [1.54, 1.807) is 6.07 Å². The van der Waals surface area contributed by atoms with E-state index in [4.69, 9.17) is 4.98 Å². The van der Waals surface area contributed by atoms with Crippen LogP contribution in [0.15, 0.2) is 84.9 Å². The number of halogens is 1. The van der Waals surface area contributed by atoms with Crippen molar-refractivity contribution < 1.29 is 14.0 Å². The minimum Gasteiger partial charge on any atom is -0.353 e. The SMILES string of the molecule is O=C(CCCc1c(-c2ccc3ccccc3n2)[nH]c2ccccc12)NNC(=O)c1ccccc1F. The van der Waals surface area contributed by atoms with Crippen molar-refractivity contribution in [3.05, 3.63) is 102 Å². The number of carbonyl (C=O) groups excluding carboxylic acids is 2. The summed E-state index contributed by atoms with van der Waals surface area (Å²) in [5.41, 5.74) is 9.31. The highest BCUT2D eigenvalue weighted by atomic mass is 19.1. The molecule has 0 atom stereocenters. The molecule has 3 aromatic carbocycles. The normalized spacial score (nSPS) is 11.0. The van der Waals surface area contributed by atoms with Crippen LogP contribution in [0.3, 0.4) is 0 Å². The van der Waals surface area contributed by atoms with Gasteiger partial charge in [-0.3, -0.25) is 20.4 Å². The molecule has 0 aliphatic heterocycles. The van der Waals surface area contributed by atoms with Crippen LogP contribution in [0.25, 0.3) is 33.2 Å². The second-order valence-corrected chi connectivity index (χ2v) is 8.25. The average Bonchev–Trinajstić information content (AvgIpc) is 3.26. The molecule has 2 aromatic heterocycles. The highest BCUT2D eigenvalue weighted by Crippen LogP contribution is 2.31. The molecule has 0 fully saturated rings. The van der Waals surface area contributed by atoms with Crippen molar-refractivity contribution in [1.82, 2.24) is 20.8 Å². The Labute approximate surface area is 201 Å². The van der Waals surface area contributed by atoms with Crippen LogP contribution >= 0.6 is 0 Å². The molecule has 0 bridgehead atoms. The molecule has 0 saturated carbocycles. The Morgan fingerprint density at radius 2 is 1.63 bits per heavy atom. The second-order valence-electron chi connectivity index (χ2n) is 8.25. The molecule has 6 nitrogen and oxygen atoms in total. The van der Waals surface area contributed by atoms with Gasteiger partial charge < -0.3 is 4.98 Å². The molecule has 0 aliphatic rings. The molecule has 174 valence electrons. The maximum absolute atomic E-state index is 13.7. The van der Waals surface area contributed by atoms with Crippen molar-refractivity contribution in [3.8, 4) is 11.4 Å². The number of nitrogens with one attached hydrogen (secondary N) is 3.